The molecule has 0 aliphatic carbocycles. The summed E-state index contributed by atoms with van der Waals surface area (Å²) >= 11 is 0. The molecular weight excluding hydrogens is 192 g/mol. The highest BCUT2D eigenvalue weighted by Gasteiger charge is 2.48. The maximum absolute atomic E-state index is 10.8. The van der Waals surface area contributed by atoms with Gasteiger partial charge in [-0.05, 0) is 6.92 Å². The average molecular weight is 206 g/mol. The lowest BCUT2D eigenvalue weighted by atomic mass is 9.93. The molecule has 0 aromatic rings. The number of aliphatic hydroxyl groups excluding tert-OH is 3. The van der Waals surface area contributed by atoms with Gasteiger partial charge >= 0.3 is 0 Å². The molecule has 1 aliphatic heterocycles. The van der Waals surface area contributed by atoms with E-state index >= 15 is 0 Å². The summed E-state index contributed by atoms with van der Waals surface area (Å²) in [5.74, 6) is -2.47. The molecule has 1 aliphatic rings. The van der Waals surface area contributed by atoms with E-state index in [1.165, 1.54) is 6.92 Å². The Hall–Kier alpha value is -0.530. The summed E-state index contributed by atoms with van der Waals surface area (Å²) in [6.45, 7) is 0.910. The second kappa shape index (κ2) is 3.92. The summed E-state index contributed by atoms with van der Waals surface area (Å²) in [6.07, 6.45) is -4.86. The fraction of sp³-hybridized carbons (Fsp3) is 0.875. The van der Waals surface area contributed by atoms with Crippen LogP contribution in [0.5, 0.6) is 0 Å². The summed E-state index contributed by atoms with van der Waals surface area (Å²) in [7, 11) is 0. The number of carbonyl (C=O) groups excluding carboxylic acids is 1. The Morgan fingerprint density at radius 3 is 2.57 bits per heavy atom. The van der Waals surface area contributed by atoms with Gasteiger partial charge in [-0.25, -0.2) is 0 Å². The Kier molecular flexibility index (Phi) is 3.23. The van der Waals surface area contributed by atoms with Crippen molar-refractivity contribution in [2.24, 2.45) is 0 Å². The van der Waals surface area contributed by atoms with Gasteiger partial charge in [-0.2, -0.15) is 0 Å². The van der Waals surface area contributed by atoms with Crippen LogP contribution < -0.4 is 0 Å². The van der Waals surface area contributed by atoms with E-state index in [9.17, 15) is 20.1 Å². The Bertz CT molecular complexity index is 230. The summed E-state index contributed by atoms with van der Waals surface area (Å²) in [5.41, 5.74) is 0. The minimum absolute atomic E-state index is 0.317. The van der Waals surface area contributed by atoms with Gasteiger partial charge < -0.3 is 25.2 Å². The number of hydrogen-bond acceptors (Lipinski definition) is 6. The van der Waals surface area contributed by atoms with Crippen molar-refractivity contribution in [2.75, 3.05) is 6.61 Å². The smallest absolute Gasteiger partial charge is 0.201 e. The molecule has 1 rings (SSSR count). The Balaban J connectivity index is 2.74. The van der Waals surface area contributed by atoms with E-state index in [0.717, 1.165) is 0 Å². The van der Waals surface area contributed by atoms with Crippen LogP contribution in [0.15, 0.2) is 0 Å². The molecule has 1 saturated heterocycles. The first-order chi connectivity index (χ1) is 6.37. The van der Waals surface area contributed by atoms with Gasteiger partial charge in [-0.3, -0.25) is 4.79 Å². The molecule has 0 amide bonds. The Labute approximate surface area is 80.7 Å². The standard InChI is InChI=1S/C8H14O6/c1-4(9)2-8(13)7(12)6(11)5(10)3-14-8/h5-7,10-13H,2-3H2,1H3. The third kappa shape index (κ3) is 2.10. The third-order valence-corrected chi connectivity index (χ3v) is 2.19. The molecule has 4 N–H and O–H groups in total. The summed E-state index contributed by atoms with van der Waals surface area (Å²) < 4.78 is 4.75. The number of ketones is 1. The Morgan fingerprint density at radius 1 is 1.50 bits per heavy atom. The molecule has 82 valence electrons. The van der Waals surface area contributed by atoms with Gasteiger partial charge in [-0.15, -0.1) is 0 Å². The van der Waals surface area contributed by atoms with Crippen LogP contribution in [0.25, 0.3) is 0 Å². The molecule has 4 atom stereocenters. The third-order valence-electron chi connectivity index (χ3n) is 2.19. The SMILES string of the molecule is CC(=O)CC1(O)OCC(O)C(O)C1O. The van der Waals surface area contributed by atoms with Crippen LogP contribution in [0.1, 0.15) is 13.3 Å². The van der Waals surface area contributed by atoms with Crippen molar-refractivity contribution in [1.29, 1.82) is 0 Å². The summed E-state index contributed by atoms with van der Waals surface area (Å²) in [4.78, 5) is 10.8. The molecule has 1 heterocycles. The highest BCUT2D eigenvalue weighted by atomic mass is 16.6. The second-order valence-corrected chi connectivity index (χ2v) is 3.54. The molecule has 14 heavy (non-hydrogen) atoms. The van der Waals surface area contributed by atoms with Crippen molar-refractivity contribution in [3.05, 3.63) is 0 Å². The van der Waals surface area contributed by atoms with Gasteiger partial charge in [0.2, 0.25) is 5.79 Å². The zero-order chi connectivity index (χ0) is 10.9. The molecule has 4 unspecified atom stereocenters. The van der Waals surface area contributed by atoms with Crippen molar-refractivity contribution in [2.45, 2.75) is 37.4 Å². The molecule has 0 spiro atoms. The average Bonchev–Trinajstić information content (AvgIpc) is 2.08. The van der Waals surface area contributed by atoms with Gasteiger partial charge in [0.25, 0.3) is 0 Å². The maximum atomic E-state index is 10.8. The van der Waals surface area contributed by atoms with E-state index in [4.69, 9.17) is 9.84 Å². The Morgan fingerprint density at radius 2 is 2.07 bits per heavy atom. The normalized spacial score (nSPS) is 43.6. The maximum Gasteiger partial charge on any atom is 0.201 e. The van der Waals surface area contributed by atoms with Crippen molar-refractivity contribution < 1.29 is 30.0 Å². The van der Waals surface area contributed by atoms with Crippen LogP contribution >= 0.6 is 0 Å². The number of Topliss-reactive ketones (excluding diaryl/α,β-unsaturated/α-hetero) is 1. The number of rotatable bonds is 2. The molecular formula is C8H14O6. The predicted octanol–water partition coefficient (Wildman–Crippen LogP) is -2.23. The highest BCUT2D eigenvalue weighted by Crippen LogP contribution is 2.26. The van der Waals surface area contributed by atoms with Crippen LogP contribution in [0.2, 0.25) is 0 Å². The lowest BCUT2D eigenvalue weighted by molar-refractivity contribution is -0.319. The fourth-order valence-corrected chi connectivity index (χ4v) is 1.40. The molecule has 1 fully saturated rings. The predicted molar refractivity (Wildman–Crippen MR) is 44.2 cm³/mol. The zero-order valence-electron chi connectivity index (χ0n) is 7.75. The van der Waals surface area contributed by atoms with Crippen molar-refractivity contribution in [3.8, 4) is 0 Å². The van der Waals surface area contributed by atoms with Crippen molar-refractivity contribution >= 4 is 5.78 Å². The monoisotopic (exact) mass is 206 g/mol. The van der Waals surface area contributed by atoms with Crippen molar-refractivity contribution in [3.63, 3.8) is 0 Å². The first-order valence-electron chi connectivity index (χ1n) is 4.27. The molecule has 6 nitrogen and oxygen atoms in total. The largest absolute Gasteiger partial charge is 0.388 e. The highest BCUT2D eigenvalue weighted by molar-refractivity contribution is 5.76. The van der Waals surface area contributed by atoms with Gasteiger partial charge in [0.15, 0.2) is 0 Å². The second-order valence-electron chi connectivity index (χ2n) is 3.54. The van der Waals surface area contributed by atoms with Gasteiger partial charge in [0.05, 0.1) is 13.0 Å². The van der Waals surface area contributed by atoms with E-state index in [2.05, 4.69) is 0 Å². The van der Waals surface area contributed by atoms with Crippen LogP contribution in [-0.4, -0.2) is 56.9 Å². The molecule has 6 heteroatoms. The first-order valence-corrected chi connectivity index (χ1v) is 4.27. The first kappa shape index (κ1) is 11.5. The number of carbonyl (C=O) groups is 1. The topological polar surface area (TPSA) is 107 Å². The van der Waals surface area contributed by atoms with Crippen LogP contribution in [0.4, 0.5) is 0 Å². The van der Waals surface area contributed by atoms with Gasteiger partial charge in [-0.1, -0.05) is 0 Å². The number of ether oxygens (including phenoxy) is 1. The molecule has 0 aromatic heterocycles. The van der Waals surface area contributed by atoms with Crippen molar-refractivity contribution in [1.82, 2.24) is 0 Å². The molecule has 0 radical (unpaired) electrons. The van der Waals surface area contributed by atoms with E-state index in [-0.39, 0.29) is 12.4 Å². The van der Waals surface area contributed by atoms with Gasteiger partial charge in [0.1, 0.15) is 24.1 Å². The van der Waals surface area contributed by atoms with Gasteiger partial charge in [0, 0.05) is 0 Å². The van der Waals surface area contributed by atoms with Crippen LogP contribution in [0.3, 0.4) is 0 Å². The van der Waals surface area contributed by atoms with E-state index in [1.54, 1.807) is 0 Å². The minimum atomic E-state index is -2.09. The molecule has 0 aromatic carbocycles. The molecule has 0 saturated carbocycles. The quantitative estimate of drug-likeness (QED) is 0.407. The molecule has 0 bridgehead atoms. The summed E-state index contributed by atoms with van der Waals surface area (Å²) in [5, 5.41) is 37.3. The number of hydrogen-bond donors (Lipinski definition) is 4. The van der Waals surface area contributed by atoms with Crippen LogP contribution in [0, 0.1) is 0 Å². The summed E-state index contributed by atoms with van der Waals surface area (Å²) in [6, 6.07) is 0. The zero-order valence-corrected chi connectivity index (χ0v) is 7.75. The fourth-order valence-electron chi connectivity index (χ4n) is 1.40. The van der Waals surface area contributed by atoms with E-state index in [1.807, 2.05) is 0 Å². The van der Waals surface area contributed by atoms with E-state index < -0.39 is 30.5 Å². The lowest BCUT2D eigenvalue weighted by Crippen LogP contribution is -2.61. The van der Waals surface area contributed by atoms with Crippen LogP contribution in [-0.2, 0) is 9.53 Å². The lowest BCUT2D eigenvalue weighted by Gasteiger charge is -2.41. The van der Waals surface area contributed by atoms with E-state index in [0.29, 0.717) is 0 Å². The number of aliphatic hydroxyl groups is 4. The minimum Gasteiger partial charge on any atom is -0.388 e.